The van der Waals surface area contributed by atoms with Gasteiger partial charge in [0.05, 0.1) is 18.2 Å². The van der Waals surface area contributed by atoms with Crippen LogP contribution < -0.4 is 10.6 Å². The second kappa shape index (κ2) is 7.99. The highest BCUT2D eigenvalue weighted by atomic mass is 16.5. The van der Waals surface area contributed by atoms with E-state index >= 15 is 0 Å². The molecule has 0 aromatic rings. The summed E-state index contributed by atoms with van der Waals surface area (Å²) < 4.78 is 11.4. The van der Waals surface area contributed by atoms with Crippen molar-refractivity contribution >= 4 is 5.96 Å². The number of hydrogen-bond acceptors (Lipinski definition) is 3. The highest BCUT2D eigenvalue weighted by molar-refractivity contribution is 5.79. The number of nitrogens with zero attached hydrogens (tertiary/aromatic N) is 1. The minimum atomic E-state index is -0.104. The van der Waals surface area contributed by atoms with Gasteiger partial charge in [-0.05, 0) is 32.1 Å². The first kappa shape index (κ1) is 18.2. The fourth-order valence-electron chi connectivity index (χ4n) is 2.48. The highest BCUT2D eigenvalue weighted by Crippen LogP contribution is 2.25. The molecule has 0 saturated carbocycles. The van der Waals surface area contributed by atoms with Crippen LogP contribution in [0.2, 0.25) is 0 Å². The molecule has 2 unspecified atom stereocenters. The van der Waals surface area contributed by atoms with Gasteiger partial charge in [-0.25, -0.2) is 0 Å². The molecular weight excluding hydrogens is 266 g/mol. The average Bonchev–Trinajstić information content (AvgIpc) is 2.82. The molecule has 1 saturated heterocycles. The Morgan fingerprint density at radius 2 is 2.10 bits per heavy atom. The van der Waals surface area contributed by atoms with E-state index in [0.717, 1.165) is 38.5 Å². The average molecular weight is 299 g/mol. The van der Waals surface area contributed by atoms with E-state index in [4.69, 9.17) is 9.47 Å². The summed E-state index contributed by atoms with van der Waals surface area (Å²) in [6, 6.07) is 0. The summed E-state index contributed by atoms with van der Waals surface area (Å²) in [6.07, 6.45) is 2.35. The van der Waals surface area contributed by atoms with E-state index < -0.39 is 0 Å². The Hall–Kier alpha value is -0.810. The predicted octanol–water partition coefficient (Wildman–Crippen LogP) is 2.17. The number of aliphatic imine (C=N–C) groups is 1. The summed E-state index contributed by atoms with van der Waals surface area (Å²) in [4.78, 5) is 4.67. The molecule has 5 heteroatoms. The van der Waals surface area contributed by atoms with Gasteiger partial charge in [0.2, 0.25) is 0 Å². The van der Waals surface area contributed by atoms with E-state index in [1.54, 1.807) is 7.11 Å². The van der Waals surface area contributed by atoms with Gasteiger partial charge in [0, 0.05) is 26.8 Å². The van der Waals surface area contributed by atoms with Crippen LogP contribution in [0.1, 0.15) is 47.5 Å². The third kappa shape index (κ3) is 6.22. The summed E-state index contributed by atoms with van der Waals surface area (Å²) in [5, 5.41) is 6.66. The van der Waals surface area contributed by atoms with Crippen molar-refractivity contribution in [3.63, 3.8) is 0 Å². The number of ether oxygens (including phenoxy) is 2. The lowest BCUT2D eigenvalue weighted by Crippen LogP contribution is -2.46. The van der Waals surface area contributed by atoms with E-state index in [1.807, 2.05) is 0 Å². The maximum atomic E-state index is 5.78. The molecular formula is C16H33N3O2. The summed E-state index contributed by atoms with van der Waals surface area (Å²) in [5.74, 6) is 0.834. The Morgan fingerprint density at radius 3 is 2.57 bits per heavy atom. The Balaban J connectivity index is 2.56. The first-order chi connectivity index (χ1) is 9.80. The second-order valence-corrected chi connectivity index (χ2v) is 7.07. The fourth-order valence-corrected chi connectivity index (χ4v) is 2.48. The highest BCUT2D eigenvalue weighted by Gasteiger charge is 2.29. The first-order valence-corrected chi connectivity index (χ1v) is 7.99. The normalized spacial score (nSPS) is 25.0. The van der Waals surface area contributed by atoms with Crippen molar-refractivity contribution in [3.8, 4) is 0 Å². The molecule has 1 rings (SSSR count). The predicted molar refractivity (Wildman–Crippen MR) is 87.8 cm³/mol. The SMILES string of the molecule is CCNC(=NCC1(C)CCCO1)NCC(OC)C(C)(C)C. The summed E-state index contributed by atoms with van der Waals surface area (Å²) in [6.45, 7) is 13.9. The zero-order valence-corrected chi connectivity index (χ0v) is 14.6. The topological polar surface area (TPSA) is 54.9 Å². The van der Waals surface area contributed by atoms with Crippen LogP contribution in [0.3, 0.4) is 0 Å². The second-order valence-electron chi connectivity index (χ2n) is 7.07. The van der Waals surface area contributed by atoms with E-state index in [-0.39, 0.29) is 17.1 Å². The molecule has 0 bridgehead atoms. The van der Waals surface area contributed by atoms with Crippen LogP contribution in [0.15, 0.2) is 4.99 Å². The molecule has 0 amide bonds. The summed E-state index contributed by atoms with van der Waals surface area (Å²) in [5.41, 5.74) is -0.00729. The zero-order chi connectivity index (χ0) is 15.9. The van der Waals surface area contributed by atoms with Crippen molar-refractivity contribution in [2.24, 2.45) is 10.4 Å². The molecule has 1 fully saturated rings. The van der Waals surface area contributed by atoms with Gasteiger partial charge in [-0.1, -0.05) is 20.8 Å². The van der Waals surface area contributed by atoms with Crippen molar-refractivity contribution in [2.45, 2.75) is 59.2 Å². The Bertz CT molecular complexity index is 331. The zero-order valence-electron chi connectivity index (χ0n) is 14.6. The van der Waals surface area contributed by atoms with Crippen LogP contribution in [-0.4, -0.2) is 51.0 Å². The van der Waals surface area contributed by atoms with Crippen LogP contribution in [0, 0.1) is 5.41 Å². The lowest BCUT2D eigenvalue weighted by molar-refractivity contribution is 0.0202. The number of nitrogens with one attached hydrogen (secondary N) is 2. The minimum Gasteiger partial charge on any atom is -0.379 e. The van der Waals surface area contributed by atoms with Gasteiger partial charge >= 0.3 is 0 Å². The van der Waals surface area contributed by atoms with Crippen LogP contribution in [-0.2, 0) is 9.47 Å². The molecule has 0 aromatic heterocycles. The molecule has 2 N–H and O–H groups in total. The lowest BCUT2D eigenvalue weighted by atomic mass is 9.89. The molecule has 2 atom stereocenters. The Morgan fingerprint density at radius 1 is 1.38 bits per heavy atom. The molecule has 1 aliphatic heterocycles. The van der Waals surface area contributed by atoms with Gasteiger partial charge in [-0.3, -0.25) is 4.99 Å². The van der Waals surface area contributed by atoms with E-state index in [0.29, 0.717) is 6.54 Å². The van der Waals surface area contributed by atoms with Crippen molar-refractivity contribution in [1.82, 2.24) is 10.6 Å². The van der Waals surface area contributed by atoms with Crippen LogP contribution in [0.5, 0.6) is 0 Å². The van der Waals surface area contributed by atoms with E-state index in [1.165, 1.54) is 0 Å². The standard InChI is InChI=1S/C16H33N3O2/c1-7-17-14(18-11-13(20-6)15(2,3)4)19-12-16(5)9-8-10-21-16/h13H,7-12H2,1-6H3,(H2,17,18,19). The summed E-state index contributed by atoms with van der Waals surface area (Å²) >= 11 is 0. The first-order valence-electron chi connectivity index (χ1n) is 7.99. The smallest absolute Gasteiger partial charge is 0.191 e. The van der Waals surface area contributed by atoms with Gasteiger partial charge in [-0.15, -0.1) is 0 Å². The minimum absolute atomic E-state index is 0.0968. The van der Waals surface area contributed by atoms with E-state index in [2.05, 4.69) is 50.2 Å². The number of guanidine groups is 1. The van der Waals surface area contributed by atoms with Gasteiger partial charge in [0.1, 0.15) is 0 Å². The fraction of sp³-hybridized carbons (Fsp3) is 0.938. The van der Waals surface area contributed by atoms with Crippen molar-refractivity contribution in [2.75, 3.05) is 33.4 Å². The molecule has 124 valence electrons. The van der Waals surface area contributed by atoms with Gasteiger partial charge in [0.15, 0.2) is 5.96 Å². The maximum absolute atomic E-state index is 5.78. The molecule has 0 radical (unpaired) electrons. The third-order valence-corrected chi connectivity index (χ3v) is 3.92. The van der Waals surface area contributed by atoms with Gasteiger partial charge in [0.25, 0.3) is 0 Å². The number of rotatable bonds is 6. The monoisotopic (exact) mass is 299 g/mol. The largest absolute Gasteiger partial charge is 0.379 e. The lowest BCUT2D eigenvalue weighted by Gasteiger charge is -2.30. The molecule has 5 nitrogen and oxygen atoms in total. The van der Waals surface area contributed by atoms with Crippen LogP contribution in [0.25, 0.3) is 0 Å². The molecule has 1 aliphatic rings. The summed E-state index contributed by atoms with van der Waals surface area (Å²) in [7, 11) is 1.76. The van der Waals surface area contributed by atoms with Gasteiger partial charge in [-0.2, -0.15) is 0 Å². The molecule has 21 heavy (non-hydrogen) atoms. The molecule has 0 aliphatic carbocycles. The quantitative estimate of drug-likeness (QED) is 0.583. The van der Waals surface area contributed by atoms with Crippen molar-refractivity contribution < 1.29 is 9.47 Å². The Kier molecular flexibility index (Phi) is 6.94. The maximum Gasteiger partial charge on any atom is 0.191 e. The number of hydrogen-bond donors (Lipinski definition) is 2. The van der Waals surface area contributed by atoms with Crippen LogP contribution >= 0.6 is 0 Å². The molecule has 0 spiro atoms. The van der Waals surface area contributed by atoms with E-state index in [9.17, 15) is 0 Å². The van der Waals surface area contributed by atoms with Crippen LogP contribution in [0.4, 0.5) is 0 Å². The Labute approximate surface area is 129 Å². The van der Waals surface area contributed by atoms with Gasteiger partial charge < -0.3 is 20.1 Å². The third-order valence-electron chi connectivity index (χ3n) is 3.92. The molecule has 1 heterocycles. The molecule has 0 aromatic carbocycles. The van der Waals surface area contributed by atoms with Crippen molar-refractivity contribution in [1.29, 1.82) is 0 Å². The number of methoxy groups -OCH3 is 1. The van der Waals surface area contributed by atoms with Crippen molar-refractivity contribution in [3.05, 3.63) is 0 Å².